The molecule has 0 saturated carbocycles. The van der Waals surface area contributed by atoms with Crippen molar-refractivity contribution in [3.8, 4) is 6.07 Å². The fourth-order valence-electron chi connectivity index (χ4n) is 6.47. The predicted molar refractivity (Wildman–Crippen MR) is 188 cm³/mol. The molecule has 0 N–H and O–H groups in total. The second-order valence-electron chi connectivity index (χ2n) is 12.0. The van der Waals surface area contributed by atoms with Crippen molar-refractivity contribution in [2.24, 2.45) is 0 Å². The molecule has 1 saturated heterocycles. The third-order valence-corrected chi connectivity index (χ3v) is 10.8. The third kappa shape index (κ3) is 8.05. The van der Waals surface area contributed by atoms with Crippen LogP contribution in [0.2, 0.25) is 10.0 Å². The number of benzene rings is 4. The van der Waals surface area contributed by atoms with E-state index in [4.69, 9.17) is 27.9 Å². The molecule has 0 spiro atoms. The van der Waals surface area contributed by atoms with Crippen molar-refractivity contribution < 1.29 is 18.5 Å². The summed E-state index contributed by atoms with van der Waals surface area (Å²) in [5.41, 5.74) is 3.39. The van der Waals surface area contributed by atoms with Gasteiger partial charge in [-0.3, -0.25) is 9.00 Å². The number of nitrogens with zero attached hydrogens (tertiary/aromatic N) is 3. The summed E-state index contributed by atoms with van der Waals surface area (Å²) in [6, 6.07) is 24.3. The Labute approximate surface area is 288 Å². The number of esters is 1. The van der Waals surface area contributed by atoms with Crippen LogP contribution in [0.3, 0.4) is 0 Å². The Kier molecular flexibility index (Phi) is 11.4. The first-order valence-corrected chi connectivity index (χ1v) is 17.8. The van der Waals surface area contributed by atoms with Crippen LogP contribution in [0.15, 0.2) is 77.7 Å². The van der Waals surface area contributed by atoms with Crippen LogP contribution in [-0.4, -0.2) is 72.5 Å². The molecule has 1 amide bonds. The summed E-state index contributed by atoms with van der Waals surface area (Å²) >= 11 is 12.7. The highest BCUT2D eigenvalue weighted by molar-refractivity contribution is 7.84. The minimum absolute atomic E-state index is 0.0122. The molecule has 2 atom stereocenters. The van der Waals surface area contributed by atoms with Crippen LogP contribution in [0.1, 0.15) is 68.5 Å². The van der Waals surface area contributed by atoms with Crippen molar-refractivity contribution in [2.75, 3.05) is 46.6 Å². The van der Waals surface area contributed by atoms with Crippen LogP contribution < -0.4 is 0 Å². The van der Waals surface area contributed by atoms with E-state index in [-0.39, 0.29) is 17.7 Å². The summed E-state index contributed by atoms with van der Waals surface area (Å²) in [7, 11) is 1.90. The Morgan fingerprint density at radius 2 is 1.79 bits per heavy atom. The third-order valence-electron chi connectivity index (χ3n) is 9.04. The minimum Gasteiger partial charge on any atom is -0.465 e. The molecule has 0 bridgehead atoms. The van der Waals surface area contributed by atoms with E-state index in [0.29, 0.717) is 38.2 Å². The summed E-state index contributed by atoms with van der Waals surface area (Å²) in [6.07, 6.45) is 4.24. The number of amides is 1. The highest BCUT2D eigenvalue weighted by atomic mass is 35.5. The normalized spacial score (nSPS) is 15.1. The van der Waals surface area contributed by atoms with Crippen molar-refractivity contribution >= 4 is 56.7 Å². The van der Waals surface area contributed by atoms with E-state index in [1.54, 1.807) is 48.5 Å². The number of ether oxygens (including phenoxy) is 1. The number of hydrogen-bond acceptors (Lipinski definition) is 6. The fraction of sp³-hybridized carbons (Fsp3) is 0.324. The number of likely N-dealkylation sites (N-methyl/N-ethyl adjacent to an activating group) is 1. The van der Waals surface area contributed by atoms with Crippen LogP contribution in [0.5, 0.6) is 0 Å². The summed E-state index contributed by atoms with van der Waals surface area (Å²) in [5.74, 6) is -0.357. The second kappa shape index (κ2) is 15.4. The first kappa shape index (κ1) is 34.6. The summed E-state index contributed by atoms with van der Waals surface area (Å²) < 4.78 is 17.5. The number of fused-ring (bicyclic) bond motifs is 1. The smallest absolute Gasteiger partial charge is 0.337 e. The Bertz CT molecular complexity index is 1870. The van der Waals surface area contributed by atoms with Crippen LogP contribution in [0.4, 0.5) is 0 Å². The van der Waals surface area contributed by atoms with Gasteiger partial charge in [0.25, 0.3) is 5.91 Å². The Morgan fingerprint density at radius 1 is 1.04 bits per heavy atom. The minimum atomic E-state index is -1.24. The monoisotopic (exact) mass is 689 g/mol. The van der Waals surface area contributed by atoms with E-state index in [2.05, 4.69) is 11.0 Å². The predicted octanol–water partition coefficient (Wildman–Crippen LogP) is 7.67. The molecule has 1 aliphatic heterocycles. The van der Waals surface area contributed by atoms with E-state index in [1.807, 2.05) is 42.5 Å². The van der Waals surface area contributed by atoms with E-state index in [0.717, 1.165) is 60.8 Å². The molecule has 47 heavy (non-hydrogen) atoms. The number of carbonyl (C=O) groups is 2. The van der Waals surface area contributed by atoms with E-state index >= 15 is 0 Å². The van der Waals surface area contributed by atoms with Crippen molar-refractivity contribution in [3.05, 3.63) is 111 Å². The maximum absolute atomic E-state index is 13.9. The highest BCUT2D eigenvalue weighted by Crippen LogP contribution is 2.34. The molecule has 1 aliphatic rings. The lowest BCUT2D eigenvalue weighted by Crippen LogP contribution is -2.36. The van der Waals surface area contributed by atoms with Gasteiger partial charge in [-0.25, -0.2) is 4.79 Å². The zero-order chi connectivity index (χ0) is 33.7. The van der Waals surface area contributed by atoms with Gasteiger partial charge in [-0.15, -0.1) is 0 Å². The summed E-state index contributed by atoms with van der Waals surface area (Å²) in [6.45, 7) is 3.01. The number of carbonyl (C=O) groups excluding carboxylic acids is 2. The summed E-state index contributed by atoms with van der Waals surface area (Å²) in [5, 5.41) is 12.2. The van der Waals surface area contributed by atoms with Gasteiger partial charge < -0.3 is 14.5 Å². The maximum Gasteiger partial charge on any atom is 0.337 e. The van der Waals surface area contributed by atoms with Gasteiger partial charge >= 0.3 is 5.97 Å². The van der Waals surface area contributed by atoms with E-state index in [1.165, 1.54) is 7.11 Å². The lowest BCUT2D eigenvalue weighted by atomic mass is 9.88. The fourth-order valence-corrected chi connectivity index (χ4v) is 7.64. The van der Waals surface area contributed by atoms with Gasteiger partial charge in [-0.05, 0) is 103 Å². The van der Waals surface area contributed by atoms with Crippen molar-refractivity contribution in [3.63, 3.8) is 0 Å². The molecule has 2 unspecified atom stereocenters. The number of halogens is 2. The first-order chi connectivity index (χ1) is 22.6. The quantitative estimate of drug-likeness (QED) is 0.159. The molecule has 4 aromatic carbocycles. The molecule has 4 aromatic rings. The van der Waals surface area contributed by atoms with E-state index < -0.39 is 16.8 Å². The molecule has 244 valence electrons. The van der Waals surface area contributed by atoms with Crippen molar-refractivity contribution in [1.82, 2.24) is 9.80 Å². The molecule has 7 nitrogen and oxygen atoms in total. The molecule has 0 aromatic heterocycles. The van der Waals surface area contributed by atoms with Gasteiger partial charge in [0.1, 0.15) is 0 Å². The molecular weight excluding hydrogens is 653 g/mol. The largest absolute Gasteiger partial charge is 0.465 e. The molecule has 1 fully saturated rings. The van der Waals surface area contributed by atoms with Crippen LogP contribution in [-0.2, 0) is 15.5 Å². The van der Waals surface area contributed by atoms with E-state index in [9.17, 15) is 19.1 Å². The molecule has 0 radical (unpaired) electrons. The Morgan fingerprint density at radius 3 is 2.47 bits per heavy atom. The van der Waals surface area contributed by atoms with Gasteiger partial charge in [-0.2, -0.15) is 5.26 Å². The Balaban J connectivity index is 1.30. The molecule has 10 heteroatoms. The average Bonchev–Trinajstić information content (AvgIpc) is 3.09. The standard InChI is InChI=1S/C37H37Cl2N3O4S/c1-41(36(43)32-19-24(22-40)18-27-6-4-5-7-30(27)32)23-29(26-9-11-33(38)34(39)20-26)14-17-42-15-12-25(13-16-42)31-10-8-28(37(44)46-2)21-35(31)47(3)45/h4-11,18-21,25,29H,12-17,23H2,1-3H3. The molecular formula is C37H37Cl2N3O4S. The van der Waals surface area contributed by atoms with Gasteiger partial charge in [-0.1, -0.05) is 59.6 Å². The zero-order valence-corrected chi connectivity index (χ0v) is 29.0. The van der Waals surface area contributed by atoms with Gasteiger partial charge in [0, 0.05) is 36.2 Å². The SMILES string of the molecule is COC(=O)c1ccc(C2CCN(CCC(CN(C)C(=O)c3cc(C#N)cc4ccccc34)c3ccc(Cl)c(Cl)c3)CC2)c(S(C)=O)c1. The second-order valence-corrected chi connectivity index (χ2v) is 14.2. The van der Waals surface area contributed by atoms with Gasteiger partial charge in [0.15, 0.2) is 0 Å². The van der Waals surface area contributed by atoms with Crippen LogP contribution in [0, 0.1) is 11.3 Å². The lowest BCUT2D eigenvalue weighted by Gasteiger charge is -2.34. The summed E-state index contributed by atoms with van der Waals surface area (Å²) in [4.78, 5) is 30.8. The van der Waals surface area contributed by atoms with Crippen LogP contribution >= 0.6 is 23.2 Å². The molecule has 0 aliphatic carbocycles. The van der Waals surface area contributed by atoms with Crippen LogP contribution in [0.25, 0.3) is 10.8 Å². The average molecular weight is 691 g/mol. The molecule has 5 rings (SSSR count). The number of likely N-dealkylation sites (tertiary alicyclic amines) is 1. The zero-order valence-electron chi connectivity index (χ0n) is 26.7. The topological polar surface area (TPSA) is 90.7 Å². The highest BCUT2D eigenvalue weighted by Gasteiger charge is 2.27. The number of hydrogen-bond donors (Lipinski definition) is 0. The molecule has 1 heterocycles. The Hall–Kier alpha value is -3.74. The number of nitriles is 1. The maximum atomic E-state index is 13.9. The first-order valence-electron chi connectivity index (χ1n) is 15.5. The number of rotatable bonds is 10. The van der Waals surface area contributed by atoms with Gasteiger partial charge in [0.05, 0.1) is 45.2 Å². The number of methoxy groups -OCH3 is 1. The lowest BCUT2D eigenvalue weighted by molar-refractivity contribution is 0.0600. The van der Waals surface area contributed by atoms with Gasteiger partial charge in [0.2, 0.25) is 0 Å². The number of piperidine rings is 1. The van der Waals surface area contributed by atoms with Crippen molar-refractivity contribution in [1.29, 1.82) is 5.26 Å². The van der Waals surface area contributed by atoms with Crippen molar-refractivity contribution in [2.45, 2.75) is 36.0 Å².